The molecule has 1 saturated heterocycles. The number of hydrogen-bond acceptors (Lipinski definition) is 4. The molecule has 0 aromatic heterocycles. The lowest BCUT2D eigenvalue weighted by molar-refractivity contribution is 0.174. The van der Waals surface area contributed by atoms with Crippen LogP contribution in [-0.2, 0) is 0 Å². The van der Waals surface area contributed by atoms with Gasteiger partial charge in [0, 0.05) is 36.4 Å². The Labute approximate surface area is 121 Å². The Morgan fingerprint density at radius 1 is 1.25 bits per heavy atom. The van der Waals surface area contributed by atoms with E-state index in [-0.39, 0.29) is 5.54 Å². The third-order valence-corrected chi connectivity index (χ3v) is 4.82. The van der Waals surface area contributed by atoms with Crippen LogP contribution in [0.2, 0.25) is 0 Å². The van der Waals surface area contributed by atoms with Crippen LogP contribution in [0.1, 0.15) is 33.6 Å². The molecule has 1 N–H and O–H groups in total. The third kappa shape index (κ3) is 2.22. The number of ether oxygens (including phenoxy) is 2. The van der Waals surface area contributed by atoms with Gasteiger partial charge in [-0.3, -0.25) is 0 Å². The van der Waals surface area contributed by atoms with E-state index in [9.17, 15) is 0 Å². The number of nitrogens with one attached hydrogen (secondary N) is 1. The molecule has 2 aliphatic heterocycles. The summed E-state index contributed by atoms with van der Waals surface area (Å²) in [5.74, 6) is 1.72. The summed E-state index contributed by atoms with van der Waals surface area (Å²) in [5, 5.41) is 3.74. The van der Waals surface area contributed by atoms with Gasteiger partial charge in [-0.2, -0.15) is 0 Å². The molecular weight excluding hydrogens is 252 g/mol. The van der Waals surface area contributed by atoms with Gasteiger partial charge in [0.1, 0.15) is 0 Å². The summed E-state index contributed by atoms with van der Waals surface area (Å²) in [6, 6.07) is 6.76. The van der Waals surface area contributed by atoms with E-state index in [1.807, 2.05) is 6.07 Å². The molecule has 1 fully saturated rings. The molecule has 2 aliphatic rings. The van der Waals surface area contributed by atoms with Crippen molar-refractivity contribution >= 4 is 5.69 Å². The molecule has 0 saturated carbocycles. The van der Waals surface area contributed by atoms with Crippen molar-refractivity contribution in [3.05, 3.63) is 18.2 Å². The standard InChI is InChI=1S/C16H24N2O2/c1-4-16(5-2)10-18(12(3)9-17-16)13-6-7-14-15(8-13)20-11-19-14/h6-8,12,17H,4-5,9-11H2,1-3H3. The van der Waals surface area contributed by atoms with Gasteiger partial charge in [0.15, 0.2) is 11.5 Å². The highest BCUT2D eigenvalue weighted by Gasteiger charge is 2.35. The van der Waals surface area contributed by atoms with Crippen LogP contribution in [0, 0.1) is 0 Å². The molecule has 4 nitrogen and oxygen atoms in total. The first-order valence-electron chi connectivity index (χ1n) is 7.59. The van der Waals surface area contributed by atoms with Crippen molar-refractivity contribution in [2.45, 2.75) is 45.2 Å². The van der Waals surface area contributed by atoms with Crippen molar-refractivity contribution in [1.82, 2.24) is 5.32 Å². The Balaban J connectivity index is 1.87. The zero-order valence-electron chi connectivity index (χ0n) is 12.6. The van der Waals surface area contributed by atoms with Gasteiger partial charge < -0.3 is 19.7 Å². The van der Waals surface area contributed by atoms with Crippen LogP contribution in [0.25, 0.3) is 0 Å². The first-order valence-corrected chi connectivity index (χ1v) is 7.59. The molecule has 20 heavy (non-hydrogen) atoms. The number of benzene rings is 1. The normalized spacial score (nSPS) is 23.9. The van der Waals surface area contributed by atoms with Crippen LogP contribution in [0.15, 0.2) is 18.2 Å². The van der Waals surface area contributed by atoms with Crippen molar-refractivity contribution in [2.24, 2.45) is 0 Å². The van der Waals surface area contributed by atoms with E-state index in [1.54, 1.807) is 0 Å². The lowest BCUT2D eigenvalue weighted by Gasteiger charge is -2.47. The molecule has 0 bridgehead atoms. The first kappa shape index (κ1) is 13.6. The van der Waals surface area contributed by atoms with Crippen molar-refractivity contribution in [2.75, 3.05) is 24.8 Å². The lowest BCUT2D eigenvalue weighted by Crippen LogP contribution is -2.63. The Hall–Kier alpha value is -1.42. The van der Waals surface area contributed by atoms with Gasteiger partial charge in [0.25, 0.3) is 0 Å². The molecule has 110 valence electrons. The highest BCUT2D eigenvalue weighted by Crippen LogP contribution is 2.37. The highest BCUT2D eigenvalue weighted by atomic mass is 16.7. The van der Waals surface area contributed by atoms with Gasteiger partial charge in [-0.15, -0.1) is 0 Å². The number of nitrogens with zero attached hydrogens (tertiary/aromatic N) is 1. The fourth-order valence-corrected chi connectivity index (χ4v) is 3.15. The fraction of sp³-hybridized carbons (Fsp3) is 0.625. The predicted octanol–water partition coefficient (Wildman–Crippen LogP) is 2.77. The Morgan fingerprint density at radius 3 is 2.75 bits per heavy atom. The van der Waals surface area contributed by atoms with Gasteiger partial charge >= 0.3 is 0 Å². The number of rotatable bonds is 3. The van der Waals surface area contributed by atoms with Crippen LogP contribution in [0.4, 0.5) is 5.69 Å². The van der Waals surface area contributed by atoms with Crippen LogP contribution in [0.3, 0.4) is 0 Å². The molecule has 1 aromatic carbocycles. The molecule has 1 atom stereocenters. The molecule has 3 rings (SSSR count). The molecule has 4 heteroatoms. The van der Waals surface area contributed by atoms with Gasteiger partial charge in [0.2, 0.25) is 6.79 Å². The summed E-state index contributed by atoms with van der Waals surface area (Å²) in [5.41, 5.74) is 1.46. The number of fused-ring (bicyclic) bond motifs is 1. The molecule has 0 spiro atoms. The van der Waals surface area contributed by atoms with Crippen molar-refractivity contribution < 1.29 is 9.47 Å². The second-order valence-corrected chi connectivity index (χ2v) is 5.88. The highest BCUT2D eigenvalue weighted by molar-refractivity contribution is 5.58. The Morgan fingerprint density at radius 2 is 2.00 bits per heavy atom. The van der Waals surface area contributed by atoms with Crippen molar-refractivity contribution in [3.63, 3.8) is 0 Å². The van der Waals surface area contributed by atoms with E-state index in [4.69, 9.17) is 9.47 Å². The first-order chi connectivity index (χ1) is 9.67. The molecule has 2 heterocycles. The smallest absolute Gasteiger partial charge is 0.231 e. The van der Waals surface area contributed by atoms with E-state index in [1.165, 1.54) is 5.69 Å². The summed E-state index contributed by atoms with van der Waals surface area (Å²) < 4.78 is 10.9. The van der Waals surface area contributed by atoms with E-state index in [0.29, 0.717) is 12.8 Å². The second kappa shape index (κ2) is 5.17. The second-order valence-electron chi connectivity index (χ2n) is 5.88. The van der Waals surface area contributed by atoms with Gasteiger partial charge in [0.05, 0.1) is 0 Å². The van der Waals surface area contributed by atoms with Gasteiger partial charge in [-0.1, -0.05) is 13.8 Å². The minimum absolute atomic E-state index is 0.225. The van der Waals surface area contributed by atoms with Gasteiger partial charge in [-0.25, -0.2) is 0 Å². The van der Waals surface area contributed by atoms with Crippen LogP contribution in [0.5, 0.6) is 11.5 Å². The summed E-state index contributed by atoms with van der Waals surface area (Å²) in [6.07, 6.45) is 2.30. The molecule has 0 aliphatic carbocycles. The summed E-state index contributed by atoms with van der Waals surface area (Å²) in [7, 11) is 0. The minimum atomic E-state index is 0.225. The maximum Gasteiger partial charge on any atom is 0.231 e. The molecule has 1 unspecified atom stereocenters. The minimum Gasteiger partial charge on any atom is -0.454 e. The topological polar surface area (TPSA) is 33.7 Å². The molecule has 1 aromatic rings. The largest absolute Gasteiger partial charge is 0.454 e. The van der Waals surface area contributed by atoms with Crippen LogP contribution >= 0.6 is 0 Å². The summed E-state index contributed by atoms with van der Waals surface area (Å²) in [6.45, 7) is 9.21. The average molecular weight is 276 g/mol. The molecule has 0 radical (unpaired) electrons. The zero-order chi connectivity index (χ0) is 14.2. The van der Waals surface area contributed by atoms with E-state index in [0.717, 1.165) is 37.4 Å². The van der Waals surface area contributed by atoms with Crippen LogP contribution < -0.4 is 19.7 Å². The molecule has 0 amide bonds. The third-order valence-electron chi connectivity index (χ3n) is 4.82. The van der Waals surface area contributed by atoms with Crippen molar-refractivity contribution in [3.8, 4) is 11.5 Å². The summed E-state index contributed by atoms with van der Waals surface area (Å²) >= 11 is 0. The quantitative estimate of drug-likeness (QED) is 0.920. The van der Waals surface area contributed by atoms with E-state index >= 15 is 0 Å². The number of piperazine rings is 1. The Bertz CT molecular complexity index is 485. The van der Waals surface area contributed by atoms with E-state index < -0.39 is 0 Å². The summed E-state index contributed by atoms with van der Waals surface area (Å²) in [4.78, 5) is 2.49. The maximum absolute atomic E-state index is 5.51. The van der Waals surface area contributed by atoms with Gasteiger partial charge in [-0.05, 0) is 31.9 Å². The molecular formula is C16H24N2O2. The maximum atomic E-state index is 5.51. The Kier molecular flexibility index (Phi) is 3.50. The number of anilines is 1. The zero-order valence-corrected chi connectivity index (χ0v) is 12.6. The number of hydrogen-bond donors (Lipinski definition) is 1. The SMILES string of the molecule is CCC1(CC)CN(c2ccc3c(c2)OCO3)C(C)CN1. The fourth-order valence-electron chi connectivity index (χ4n) is 3.15. The van der Waals surface area contributed by atoms with Crippen molar-refractivity contribution in [1.29, 1.82) is 0 Å². The monoisotopic (exact) mass is 276 g/mol. The lowest BCUT2D eigenvalue weighted by atomic mass is 9.88. The van der Waals surface area contributed by atoms with E-state index in [2.05, 4.69) is 43.1 Å². The average Bonchev–Trinajstić information content (AvgIpc) is 2.95. The predicted molar refractivity (Wildman–Crippen MR) is 80.7 cm³/mol. The van der Waals surface area contributed by atoms with Crippen LogP contribution in [-0.4, -0.2) is 31.5 Å².